The van der Waals surface area contributed by atoms with Gasteiger partial charge in [-0.2, -0.15) is 0 Å². The van der Waals surface area contributed by atoms with E-state index in [0.717, 1.165) is 23.1 Å². The van der Waals surface area contributed by atoms with Crippen LogP contribution in [0.5, 0.6) is 5.75 Å². The van der Waals surface area contributed by atoms with Crippen LogP contribution >= 0.6 is 15.9 Å². The van der Waals surface area contributed by atoms with Gasteiger partial charge in [-0.15, -0.1) is 5.10 Å². The van der Waals surface area contributed by atoms with Crippen molar-refractivity contribution in [1.82, 2.24) is 20.3 Å². The van der Waals surface area contributed by atoms with E-state index in [0.29, 0.717) is 25.4 Å². The van der Waals surface area contributed by atoms with Crippen LogP contribution in [0.25, 0.3) is 0 Å². The van der Waals surface area contributed by atoms with Gasteiger partial charge in [-0.3, -0.25) is 0 Å². The van der Waals surface area contributed by atoms with Gasteiger partial charge in [0.25, 0.3) is 0 Å². The summed E-state index contributed by atoms with van der Waals surface area (Å²) in [5, 5.41) is 11.4. The van der Waals surface area contributed by atoms with Crippen molar-refractivity contribution in [3.63, 3.8) is 0 Å². The molecule has 1 aromatic carbocycles. The Morgan fingerprint density at radius 3 is 3.10 bits per heavy atom. The minimum absolute atomic E-state index is 0.321. The molecule has 0 bridgehead atoms. The van der Waals surface area contributed by atoms with Crippen molar-refractivity contribution in [1.29, 1.82) is 0 Å². The van der Waals surface area contributed by atoms with E-state index in [2.05, 4.69) is 38.5 Å². The van der Waals surface area contributed by atoms with Crippen molar-refractivity contribution in [3.05, 3.63) is 40.4 Å². The van der Waals surface area contributed by atoms with E-state index < -0.39 is 0 Å². The first-order chi connectivity index (χ1) is 10.2. The average molecular weight is 357 g/mol. The molecule has 1 N–H and O–H groups in total. The van der Waals surface area contributed by atoms with Gasteiger partial charge in [0.05, 0.1) is 16.7 Å². The summed E-state index contributed by atoms with van der Waals surface area (Å²) in [5.74, 6) is 0.165. The zero-order valence-electron chi connectivity index (χ0n) is 11.9. The fourth-order valence-corrected chi connectivity index (χ4v) is 2.12. The first kappa shape index (κ1) is 15.9. The van der Waals surface area contributed by atoms with E-state index in [1.165, 1.54) is 12.1 Å². The fourth-order valence-electron chi connectivity index (χ4n) is 1.76. The number of nitrogens with one attached hydrogen (secondary N) is 1. The molecule has 7 heteroatoms. The molecule has 114 valence electrons. The first-order valence-corrected chi connectivity index (χ1v) is 7.66. The van der Waals surface area contributed by atoms with Crippen LogP contribution in [0, 0.1) is 5.82 Å². The van der Waals surface area contributed by atoms with Gasteiger partial charge in [-0.1, -0.05) is 12.1 Å². The lowest BCUT2D eigenvalue weighted by atomic mass is 10.3. The molecule has 1 aromatic heterocycles. The largest absolute Gasteiger partial charge is 0.490 e. The molecule has 1 heterocycles. The summed E-state index contributed by atoms with van der Waals surface area (Å²) < 4.78 is 21.1. The quantitative estimate of drug-likeness (QED) is 0.739. The van der Waals surface area contributed by atoms with E-state index in [9.17, 15) is 4.39 Å². The number of halogens is 2. The predicted molar refractivity (Wildman–Crippen MR) is 81.6 cm³/mol. The Kier molecular flexibility index (Phi) is 6.13. The zero-order valence-corrected chi connectivity index (χ0v) is 13.4. The lowest BCUT2D eigenvalue weighted by Crippen LogP contribution is -2.14. The summed E-state index contributed by atoms with van der Waals surface area (Å²) in [6.07, 6.45) is 2.97. The molecule has 0 fully saturated rings. The third-order valence-electron chi connectivity index (χ3n) is 2.79. The number of benzene rings is 1. The van der Waals surface area contributed by atoms with Crippen molar-refractivity contribution in [2.45, 2.75) is 26.4 Å². The maximum Gasteiger partial charge on any atom is 0.136 e. The average Bonchev–Trinajstić information content (AvgIpc) is 2.91. The van der Waals surface area contributed by atoms with Crippen molar-refractivity contribution in [2.75, 3.05) is 13.2 Å². The van der Waals surface area contributed by atoms with Gasteiger partial charge < -0.3 is 10.1 Å². The number of aromatic nitrogens is 3. The van der Waals surface area contributed by atoms with Gasteiger partial charge in [0.2, 0.25) is 0 Å². The second-order valence-corrected chi connectivity index (χ2v) is 5.43. The van der Waals surface area contributed by atoms with E-state index in [1.807, 2.05) is 6.20 Å². The first-order valence-electron chi connectivity index (χ1n) is 6.86. The second kappa shape index (κ2) is 8.09. The monoisotopic (exact) mass is 356 g/mol. The lowest BCUT2D eigenvalue weighted by Gasteiger charge is -2.07. The molecule has 5 nitrogen and oxygen atoms in total. The Hall–Kier alpha value is -1.47. The third kappa shape index (κ3) is 5.09. The highest BCUT2D eigenvalue weighted by molar-refractivity contribution is 9.10. The number of hydrogen-bond donors (Lipinski definition) is 1. The Labute approximate surface area is 131 Å². The molecule has 2 rings (SSSR count). The maximum absolute atomic E-state index is 13.1. The minimum Gasteiger partial charge on any atom is -0.490 e. The molecule has 0 aliphatic rings. The maximum atomic E-state index is 13.1. The molecular weight excluding hydrogens is 339 g/mol. The Bertz CT molecular complexity index is 576. The van der Waals surface area contributed by atoms with E-state index in [4.69, 9.17) is 4.74 Å². The predicted octanol–water partition coefficient (Wildman–Crippen LogP) is 2.76. The van der Waals surface area contributed by atoms with Gasteiger partial charge in [0, 0.05) is 18.8 Å². The van der Waals surface area contributed by atoms with Gasteiger partial charge in [0.1, 0.15) is 18.2 Å². The second-order valence-electron chi connectivity index (χ2n) is 4.57. The van der Waals surface area contributed by atoms with Gasteiger partial charge in [-0.25, -0.2) is 9.07 Å². The van der Waals surface area contributed by atoms with Gasteiger partial charge >= 0.3 is 0 Å². The standard InChI is InChI=1S/C14H18BrFN4O/c1-2-5-17-9-12-10-20(19-18-12)6-7-21-14-8-11(16)3-4-13(14)15/h3-4,8,10,17H,2,5-7,9H2,1H3. The molecular formula is C14H18BrFN4O. The molecule has 0 radical (unpaired) electrons. The van der Waals surface area contributed by atoms with E-state index in [-0.39, 0.29) is 5.82 Å². The van der Waals surface area contributed by atoms with E-state index in [1.54, 1.807) is 10.7 Å². The van der Waals surface area contributed by atoms with Crippen molar-refractivity contribution in [3.8, 4) is 5.75 Å². The van der Waals surface area contributed by atoms with Crippen molar-refractivity contribution < 1.29 is 9.13 Å². The van der Waals surface area contributed by atoms with Crippen LogP contribution in [0.15, 0.2) is 28.9 Å². The molecule has 2 aromatic rings. The summed E-state index contributed by atoms with van der Waals surface area (Å²) in [6, 6.07) is 4.35. The normalized spacial score (nSPS) is 10.8. The van der Waals surface area contributed by atoms with Crippen LogP contribution < -0.4 is 10.1 Å². The van der Waals surface area contributed by atoms with Crippen LogP contribution in [0.3, 0.4) is 0 Å². The fraction of sp³-hybridized carbons (Fsp3) is 0.429. The SMILES string of the molecule is CCCNCc1cn(CCOc2cc(F)ccc2Br)nn1. The molecule has 0 spiro atoms. The molecule has 0 amide bonds. The van der Waals surface area contributed by atoms with E-state index >= 15 is 0 Å². The smallest absolute Gasteiger partial charge is 0.136 e. The van der Waals surface area contributed by atoms with Crippen molar-refractivity contribution >= 4 is 15.9 Å². The number of rotatable bonds is 8. The van der Waals surface area contributed by atoms with Crippen LogP contribution in [0.1, 0.15) is 19.0 Å². The Morgan fingerprint density at radius 1 is 1.43 bits per heavy atom. The number of ether oxygens (including phenoxy) is 1. The summed E-state index contributed by atoms with van der Waals surface area (Å²) in [5.41, 5.74) is 0.899. The van der Waals surface area contributed by atoms with Gasteiger partial charge in [0.15, 0.2) is 0 Å². The zero-order chi connectivity index (χ0) is 15.1. The van der Waals surface area contributed by atoms with Crippen molar-refractivity contribution in [2.24, 2.45) is 0 Å². The molecule has 21 heavy (non-hydrogen) atoms. The summed E-state index contributed by atoms with van der Waals surface area (Å²) in [4.78, 5) is 0. The molecule has 0 aliphatic carbocycles. The van der Waals surface area contributed by atoms with Crippen LogP contribution in [0.4, 0.5) is 4.39 Å². The van der Waals surface area contributed by atoms with Crippen LogP contribution in [0.2, 0.25) is 0 Å². The van der Waals surface area contributed by atoms with Crippen LogP contribution in [-0.2, 0) is 13.1 Å². The topological polar surface area (TPSA) is 52.0 Å². The highest BCUT2D eigenvalue weighted by Crippen LogP contribution is 2.25. The third-order valence-corrected chi connectivity index (χ3v) is 3.45. The molecule has 0 saturated carbocycles. The highest BCUT2D eigenvalue weighted by atomic mass is 79.9. The molecule has 0 aliphatic heterocycles. The summed E-state index contributed by atoms with van der Waals surface area (Å²) >= 11 is 3.32. The number of nitrogens with zero attached hydrogens (tertiary/aromatic N) is 3. The molecule has 0 saturated heterocycles. The molecule has 0 atom stereocenters. The Balaban J connectivity index is 1.79. The lowest BCUT2D eigenvalue weighted by molar-refractivity contribution is 0.287. The van der Waals surface area contributed by atoms with Gasteiger partial charge in [-0.05, 0) is 41.0 Å². The minimum atomic E-state index is -0.321. The summed E-state index contributed by atoms with van der Waals surface area (Å²) in [7, 11) is 0. The highest BCUT2D eigenvalue weighted by Gasteiger charge is 2.04. The number of hydrogen-bond acceptors (Lipinski definition) is 4. The molecule has 0 unspecified atom stereocenters. The summed E-state index contributed by atoms with van der Waals surface area (Å²) in [6.45, 7) is 4.75. The Morgan fingerprint density at radius 2 is 2.29 bits per heavy atom. The van der Waals surface area contributed by atoms with Crippen LogP contribution in [-0.4, -0.2) is 28.1 Å².